The molecule has 0 radical (unpaired) electrons. The van der Waals surface area contributed by atoms with E-state index in [0.717, 1.165) is 23.9 Å². The van der Waals surface area contributed by atoms with Crippen molar-refractivity contribution in [3.8, 4) is 0 Å². The van der Waals surface area contributed by atoms with Crippen LogP contribution < -0.4 is 5.73 Å². The molecular weight excluding hydrogens is 268 g/mol. The number of piperidine rings is 1. The Morgan fingerprint density at radius 3 is 3.05 bits per heavy atom. The van der Waals surface area contributed by atoms with Gasteiger partial charge in [0.25, 0.3) is 0 Å². The van der Waals surface area contributed by atoms with Crippen LogP contribution in [0.25, 0.3) is 0 Å². The van der Waals surface area contributed by atoms with E-state index in [1.165, 1.54) is 44.3 Å². The second kappa shape index (κ2) is 8.02. The van der Waals surface area contributed by atoms with Crippen LogP contribution in [0, 0.1) is 5.92 Å². The predicted octanol–water partition coefficient (Wildman–Crippen LogP) is 4.07. The second-order valence-corrected chi connectivity index (χ2v) is 6.56. The highest BCUT2D eigenvalue weighted by atomic mass is 35.5. The molecule has 1 fully saturated rings. The van der Waals surface area contributed by atoms with E-state index in [2.05, 4.69) is 24.0 Å². The van der Waals surface area contributed by atoms with Crippen LogP contribution in [0.5, 0.6) is 0 Å². The molecule has 1 aromatic carbocycles. The van der Waals surface area contributed by atoms with Crippen molar-refractivity contribution in [2.45, 2.75) is 51.6 Å². The third-order valence-electron chi connectivity index (χ3n) is 4.37. The van der Waals surface area contributed by atoms with E-state index in [9.17, 15) is 0 Å². The Morgan fingerprint density at radius 2 is 2.30 bits per heavy atom. The SMILES string of the molecule is CCC(N)CCC1CCCN(Cc2cccc(Cl)c2)C1. The summed E-state index contributed by atoms with van der Waals surface area (Å²) in [6.07, 6.45) is 6.22. The molecule has 112 valence electrons. The van der Waals surface area contributed by atoms with E-state index in [1.807, 2.05) is 12.1 Å². The van der Waals surface area contributed by atoms with E-state index in [1.54, 1.807) is 0 Å². The lowest BCUT2D eigenvalue weighted by Gasteiger charge is -2.33. The molecule has 2 nitrogen and oxygen atoms in total. The van der Waals surface area contributed by atoms with Crippen molar-refractivity contribution in [3.05, 3.63) is 34.9 Å². The minimum atomic E-state index is 0.387. The minimum Gasteiger partial charge on any atom is -0.328 e. The van der Waals surface area contributed by atoms with Gasteiger partial charge in [-0.15, -0.1) is 0 Å². The van der Waals surface area contributed by atoms with Crippen molar-refractivity contribution < 1.29 is 0 Å². The maximum atomic E-state index is 6.06. The zero-order valence-electron chi connectivity index (χ0n) is 12.5. The van der Waals surface area contributed by atoms with Crippen molar-refractivity contribution in [3.63, 3.8) is 0 Å². The summed E-state index contributed by atoms with van der Waals surface area (Å²) in [4.78, 5) is 2.57. The number of nitrogens with zero attached hydrogens (tertiary/aromatic N) is 1. The molecule has 2 atom stereocenters. The maximum Gasteiger partial charge on any atom is 0.0409 e. The number of nitrogens with two attached hydrogens (primary N) is 1. The first-order valence-corrected chi connectivity index (χ1v) is 8.27. The fourth-order valence-electron chi connectivity index (χ4n) is 3.08. The van der Waals surface area contributed by atoms with Crippen molar-refractivity contribution in [1.82, 2.24) is 4.90 Å². The molecule has 3 heteroatoms. The number of hydrogen-bond acceptors (Lipinski definition) is 2. The van der Waals surface area contributed by atoms with Gasteiger partial charge in [0.05, 0.1) is 0 Å². The normalized spacial score (nSPS) is 21.9. The van der Waals surface area contributed by atoms with Crippen LogP contribution in [0.15, 0.2) is 24.3 Å². The van der Waals surface area contributed by atoms with Crippen LogP contribution in [0.1, 0.15) is 44.6 Å². The van der Waals surface area contributed by atoms with Gasteiger partial charge in [-0.3, -0.25) is 4.90 Å². The molecule has 0 aliphatic carbocycles. The Morgan fingerprint density at radius 1 is 1.45 bits per heavy atom. The quantitative estimate of drug-likeness (QED) is 0.857. The number of benzene rings is 1. The van der Waals surface area contributed by atoms with E-state index in [-0.39, 0.29) is 0 Å². The molecule has 0 spiro atoms. The highest BCUT2D eigenvalue weighted by Crippen LogP contribution is 2.23. The highest BCUT2D eigenvalue weighted by Gasteiger charge is 2.20. The second-order valence-electron chi connectivity index (χ2n) is 6.12. The molecule has 0 amide bonds. The fourth-order valence-corrected chi connectivity index (χ4v) is 3.29. The Hall–Kier alpha value is -0.570. The average Bonchev–Trinajstić information content (AvgIpc) is 2.45. The predicted molar refractivity (Wildman–Crippen MR) is 87.0 cm³/mol. The summed E-state index contributed by atoms with van der Waals surface area (Å²) in [6.45, 7) is 5.62. The third kappa shape index (κ3) is 5.08. The van der Waals surface area contributed by atoms with Gasteiger partial charge in [0.1, 0.15) is 0 Å². The van der Waals surface area contributed by atoms with Gasteiger partial charge in [0, 0.05) is 24.2 Å². The summed E-state index contributed by atoms with van der Waals surface area (Å²) in [6, 6.07) is 8.62. The lowest BCUT2D eigenvalue weighted by Crippen LogP contribution is -2.35. The monoisotopic (exact) mass is 294 g/mol. The van der Waals surface area contributed by atoms with Crippen molar-refractivity contribution >= 4 is 11.6 Å². The summed E-state index contributed by atoms with van der Waals surface area (Å²) in [7, 11) is 0. The van der Waals surface area contributed by atoms with Crippen LogP contribution >= 0.6 is 11.6 Å². The summed E-state index contributed by atoms with van der Waals surface area (Å²) in [5, 5.41) is 0.838. The average molecular weight is 295 g/mol. The highest BCUT2D eigenvalue weighted by molar-refractivity contribution is 6.30. The number of rotatable bonds is 6. The fraction of sp³-hybridized carbons (Fsp3) is 0.647. The first-order chi connectivity index (χ1) is 9.67. The van der Waals surface area contributed by atoms with Gasteiger partial charge in [-0.05, 0) is 62.3 Å². The summed E-state index contributed by atoms with van der Waals surface area (Å²) in [5.41, 5.74) is 7.36. The van der Waals surface area contributed by atoms with Crippen molar-refractivity contribution in [1.29, 1.82) is 0 Å². The first kappa shape index (κ1) is 15.8. The molecule has 1 aliphatic rings. The van der Waals surface area contributed by atoms with Gasteiger partial charge in [0.2, 0.25) is 0 Å². The lowest BCUT2D eigenvalue weighted by molar-refractivity contribution is 0.158. The van der Waals surface area contributed by atoms with E-state index in [4.69, 9.17) is 17.3 Å². The zero-order chi connectivity index (χ0) is 14.4. The smallest absolute Gasteiger partial charge is 0.0409 e. The molecule has 0 saturated carbocycles. The van der Waals surface area contributed by atoms with E-state index >= 15 is 0 Å². The van der Waals surface area contributed by atoms with Gasteiger partial charge in [-0.2, -0.15) is 0 Å². The van der Waals surface area contributed by atoms with Gasteiger partial charge >= 0.3 is 0 Å². The summed E-state index contributed by atoms with van der Waals surface area (Å²) in [5.74, 6) is 0.820. The number of likely N-dealkylation sites (tertiary alicyclic amines) is 1. The Bertz CT molecular complexity index is 408. The van der Waals surface area contributed by atoms with Crippen molar-refractivity contribution in [2.75, 3.05) is 13.1 Å². The third-order valence-corrected chi connectivity index (χ3v) is 4.60. The molecule has 2 rings (SSSR count). The van der Waals surface area contributed by atoms with Gasteiger partial charge in [-0.25, -0.2) is 0 Å². The summed E-state index contributed by atoms with van der Waals surface area (Å²) < 4.78 is 0. The Balaban J connectivity index is 1.81. The Labute approximate surface area is 128 Å². The van der Waals surface area contributed by atoms with Crippen LogP contribution in [-0.4, -0.2) is 24.0 Å². The molecule has 2 unspecified atom stereocenters. The topological polar surface area (TPSA) is 29.3 Å². The molecule has 0 aromatic heterocycles. The first-order valence-electron chi connectivity index (χ1n) is 7.89. The standard InChI is InChI=1S/C17H27ClN2/c1-2-17(19)9-8-14-6-4-10-20(12-14)13-15-5-3-7-16(18)11-15/h3,5,7,11,14,17H,2,4,6,8-10,12-13,19H2,1H3. The van der Waals surface area contributed by atoms with Crippen LogP contribution in [0.2, 0.25) is 5.02 Å². The number of hydrogen-bond donors (Lipinski definition) is 1. The molecule has 20 heavy (non-hydrogen) atoms. The van der Waals surface area contributed by atoms with Gasteiger partial charge in [-0.1, -0.05) is 30.7 Å². The Kier molecular flexibility index (Phi) is 6.34. The van der Waals surface area contributed by atoms with Gasteiger partial charge in [0.15, 0.2) is 0 Å². The van der Waals surface area contributed by atoms with Crippen LogP contribution in [0.3, 0.4) is 0 Å². The molecule has 1 saturated heterocycles. The van der Waals surface area contributed by atoms with E-state index in [0.29, 0.717) is 6.04 Å². The molecule has 1 aromatic rings. The van der Waals surface area contributed by atoms with Crippen molar-refractivity contribution in [2.24, 2.45) is 11.7 Å². The minimum absolute atomic E-state index is 0.387. The van der Waals surface area contributed by atoms with Crippen LogP contribution in [0.4, 0.5) is 0 Å². The van der Waals surface area contributed by atoms with E-state index < -0.39 is 0 Å². The molecule has 2 N–H and O–H groups in total. The maximum absolute atomic E-state index is 6.06. The molecule has 1 aliphatic heterocycles. The molecule has 1 heterocycles. The lowest BCUT2D eigenvalue weighted by atomic mass is 9.91. The molecule has 0 bridgehead atoms. The number of halogens is 1. The zero-order valence-corrected chi connectivity index (χ0v) is 13.3. The summed E-state index contributed by atoms with van der Waals surface area (Å²) >= 11 is 6.06. The largest absolute Gasteiger partial charge is 0.328 e. The molecular formula is C17H27ClN2. The van der Waals surface area contributed by atoms with Crippen LogP contribution in [-0.2, 0) is 6.54 Å². The van der Waals surface area contributed by atoms with Gasteiger partial charge < -0.3 is 5.73 Å².